The van der Waals surface area contributed by atoms with Gasteiger partial charge >= 0.3 is 0 Å². The zero-order valence-electron chi connectivity index (χ0n) is 19.1. The number of carbonyl (C=O) groups is 1. The van der Waals surface area contributed by atoms with Gasteiger partial charge in [-0.25, -0.2) is 0 Å². The Hall–Kier alpha value is -3.43. The number of benzene rings is 2. The number of hydrogen-bond acceptors (Lipinski definition) is 8. The molecular formula is C25H23BrN2O6. The van der Waals surface area contributed by atoms with Gasteiger partial charge in [-0.15, -0.1) is 10.2 Å². The summed E-state index contributed by atoms with van der Waals surface area (Å²) in [6.07, 6.45) is 1.37. The lowest BCUT2D eigenvalue weighted by Crippen LogP contribution is -2.31. The van der Waals surface area contributed by atoms with E-state index < -0.39 is 5.60 Å². The van der Waals surface area contributed by atoms with Crippen molar-refractivity contribution in [1.82, 2.24) is 10.2 Å². The first-order valence-electron chi connectivity index (χ1n) is 10.5. The lowest BCUT2D eigenvalue weighted by molar-refractivity contribution is -0.125. The number of furan rings is 1. The highest BCUT2D eigenvalue weighted by Gasteiger charge is 2.38. The Labute approximate surface area is 205 Å². The van der Waals surface area contributed by atoms with E-state index in [-0.39, 0.29) is 0 Å². The van der Waals surface area contributed by atoms with Gasteiger partial charge in [0.1, 0.15) is 27.5 Å². The summed E-state index contributed by atoms with van der Waals surface area (Å²) in [7, 11) is 4.60. The summed E-state index contributed by atoms with van der Waals surface area (Å²) >= 11 is 3.46. The third-order valence-corrected chi connectivity index (χ3v) is 6.30. The van der Waals surface area contributed by atoms with Crippen LogP contribution in [0.4, 0.5) is 0 Å². The number of ether oxygens (including phenoxy) is 3. The molecule has 1 atom stereocenters. The first kappa shape index (κ1) is 23.7. The zero-order chi connectivity index (χ0) is 24.3. The van der Waals surface area contributed by atoms with Crippen molar-refractivity contribution in [3.05, 3.63) is 70.2 Å². The van der Waals surface area contributed by atoms with Gasteiger partial charge in [0.25, 0.3) is 0 Å². The fourth-order valence-electron chi connectivity index (χ4n) is 3.61. The van der Waals surface area contributed by atoms with Crippen LogP contribution < -0.4 is 9.47 Å². The normalized spacial score (nSPS) is 12.9. The van der Waals surface area contributed by atoms with Gasteiger partial charge in [-0.1, -0.05) is 19.1 Å². The highest BCUT2D eigenvalue weighted by atomic mass is 79.9. The van der Waals surface area contributed by atoms with Crippen LogP contribution in [0.3, 0.4) is 0 Å². The van der Waals surface area contributed by atoms with Crippen molar-refractivity contribution in [2.45, 2.75) is 18.9 Å². The van der Waals surface area contributed by atoms with E-state index in [0.29, 0.717) is 51.3 Å². The number of halogens is 1. The predicted octanol–water partition coefficient (Wildman–Crippen LogP) is 5.43. The van der Waals surface area contributed by atoms with Crippen molar-refractivity contribution in [2.75, 3.05) is 21.3 Å². The number of rotatable bonds is 9. The maximum atomic E-state index is 12.4. The van der Waals surface area contributed by atoms with Crippen molar-refractivity contribution in [2.24, 2.45) is 0 Å². The number of methoxy groups -OCH3 is 3. The second-order valence-electron chi connectivity index (χ2n) is 7.35. The van der Waals surface area contributed by atoms with Crippen LogP contribution in [0.1, 0.15) is 24.1 Å². The molecule has 4 rings (SSSR count). The Kier molecular flexibility index (Phi) is 6.85. The van der Waals surface area contributed by atoms with Crippen molar-refractivity contribution in [3.8, 4) is 34.3 Å². The first-order chi connectivity index (χ1) is 16.5. The molecule has 0 fully saturated rings. The molecule has 0 saturated heterocycles. The quantitative estimate of drug-likeness (QED) is 0.266. The van der Waals surface area contributed by atoms with Gasteiger partial charge in [-0.05, 0) is 57.9 Å². The van der Waals surface area contributed by atoms with E-state index in [9.17, 15) is 4.79 Å². The van der Waals surface area contributed by atoms with Gasteiger partial charge in [0.15, 0.2) is 6.29 Å². The van der Waals surface area contributed by atoms with Gasteiger partial charge in [-0.2, -0.15) is 0 Å². The van der Waals surface area contributed by atoms with Crippen LogP contribution in [0.2, 0.25) is 0 Å². The minimum absolute atomic E-state index is 0.333. The summed E-state index contributed by atoms with van der Waals surface area (Å²) < 4.78 is 29.0. The van der Waals surface area contributed by atoms with E-state index in [1.165, 1.54) is 7.11 Å². The number of aryl methyl sites for hydroxylation is 1. The largest absolute Gasteiger partial charge is 0.495 e. The van der Waals surface area contributed by atoms with Crippen LogP contribution in [0.25, 0.3) is 22.8 Å². The summed E-state index contributed by atoms with van der Waals surface area (Å²) in [6.45, 7) is 1.94. The third-order valence-electron chi connectivity index (χ3n) is 5.52. The molecule has 0 aliphatic heterocycles. The minimum atomic E-state index is -1.44. The molecule has 0 saturated carbocycles. The molecular weight excluding hydrogens is 504 g/mol. The van der Waals surface area contributed by atoms with Crippen LogP contribution in [-0.4, -0.2) is 37.8 Å². The SMILES string of the molecule is CCc1nnc(-c2ccc(C(C=O)(OC)c3ccc(-c4cc(OC)c(Br)c(OC)c4)o3)cc2)o1. The molecule has 2 aromatic carbocycles. The molecule has 8 nitrogen and oxygen atoms in total. The standard InChI is InChI=1S/C25H23BrN2O6/c1-5-22-27-28-24(34-22)15-6-8-17(9-7-15)25(14-29,32-4)21-11-10-18(33-21)16-12-19(30-2)23(26)20(13-16)31-3/h6-14H,5H2,1-4H3. The molecule has 0 N–H and O–H groups in total. The second kappa shape index (κ2) is 9.82. The summed E-state index contributed by atoms with van der Waals surface area (Å²) in [6, 6.07) is 14.3. The van der Waals surface area contributed by atoms with E-state index in [1.54, 1.807) is 50.6 Å². The molecule has 9 heteroatoms. The third kappa shape index (κ3) is 4.12. The number of aromatic nitrogens is 2. The summed E-state index contributed by atoms with van der Waals surface area (Å²) in [5.74, 6) is 3.00. The highest BCUT2D eigenvalue weighted by Crippen LogP contribution is 2.41. The van der Waals surface area contributed by atoms with Gasteiger partial charge in [0.05, 0.1) is 14.2 Å². The van der Waals surface area contributed by atoms with Crippen molar-refractivity contribution < 1.29 is 27.8 Å². The predicted molar refractivity (Wildman–Crippen MR) is 128 cm³/mol. The fraction of sp³-hybridized carbons (Fsp3) is 0.240. The average molecular weight is 527 g/mol. The molecule has 2 heterocycles. The maximum absolute atomic E-state index is 12.4. The highest BCUT2D eigenvalue weighted by molar-refractivity contribution is 9.10. The first-order valence-corrected chi connectivity index (χ1v) is 11.3. The number of hydrogen-bond donors (Lipinski definition) is 0. The van der Waals surface area contributed by atoms with Gasteiger partial charge in [0.2, 0.25) is 17.4 Å². The molecule has 2 aromatic heterocycles. The minimum Gasteiger partial charge on any atom is -0.495 e. The Bertz CT molecular complexity index is 1270. The monoisotopic (exact) mass is 526 g/mol. The molecule has 0 aliphatic rings. The summed E-state index contributed by atoms with van der Waals surface area (Å²) in [5.41, 5.74) is 0.610. The average Bonchev–Trinajstić information content (AvgIpc) is 3.56. The molecule has 0 spiro atoms. The lowest BCUT2D eigenvalue weighted by atomic mass is 9.91. The zero-order valence-corrected chi connectivity index (χ0v) is 20.7. The molecule has 34 heavy (non-hydrogen) atoms. The summed E-state index contributed by atoms with van der Waals surface area (Å²) in [5, 5.41) is 8.05. The van der Waals surface area contributed by atoms with Gasteiger partial charge < -0.3 is 23.0 Å². The molecule has 0 aliphatic carbocycles. The number of aldehydes is 1. The maximum Gasteiger partial charge on any atom is 0.247 e. The topological polar surface area (TPSA) is 96.8 Å². The van der Waals surface area contributed by atoms with Crippen LogP contribution in [-0.2, 0) is 21.6 Å². The number of nitrogens with zero attached hydrogens (tertiary/aromatic N) is 2. The van der Waals surface area contributed by atoms with E-state index in [4.69, 9.17) is 23.0 Å². The molecule has 1 unspecified atom stereocenters. The van der Waals surface area contributed by atoms with Crippen molar-refractivity contribution in [3.63, 3.8) is 0 Å². The van der Waals surface area contributed by atoms with E-state index in [2.05, 4.69) is 26.1 Å². The fourth-order valence-corrected chi connectivity index (χ4v) is 4.17. The molecule has 4 aromatic rings. The Morgan fingerprint density at radius 3 is 2.15 bits per heavy atom. The van der Waals surface area contributed by atoms with Gasteiger partial charge in [-0.3, -0.25) is 4.79 Å². The van der Waals surface area contributed by atoms with E-state index >= 15 is 0 Å². The van der Waals surface area contributed by atoms with Crippen molar-refractivity contribution in [1.29, 1.82) is 0 Å². The van der Waals surface area contributed by atoms with E-state index in [0.717, 1.165) is 17.4 Å². The Morgan fingerprint density at radius 1 is 0.941 bits per heavy atom. The Morgan fingerprint density at radius 2 is 1.62 bits per heavy atom. The smallest absolute Gasteiger partial charge is 0.247 e. The molecule has 0 bridgehead atoms. The van der Waals surface area contributed by atoms with Gasteiger partial charge in [0, 0.05) is 24.7 Å². The Balaban J connectivity index is 1.72. The van der Waals surface area contributed by atoms with Crippen LogP contribution >= 0.6 is 15.9 Å². The van der Waals surface area contributed by atoms with Crippen LogP contribution in [0.5, 0.6) is 11.5 Å². The van der Waals surface area contributed by atoms with Crippen LogP contribution in [0, 0.1) is 0 Å². The van der Waals surface area contributed by atoms with Crippen molar-refractivity contribution >= 4 is 22.2 Å². The van der Waals surface area contributed by atoms with E-state index in [1.807, 2.05) is 19.1 Å². The van der Waals surface area contributed by atoms with Crippen LogP contribution in [0.15, 0.2) is 61.8 Å². The summed E-state index contributed by atoms with van der Waals surface area (Å²) in [4.78, 5) is 12.4. The molecule has 176 valence electrons. The molecule has 0 radical (unpaired) electrons. The molecule has 0 amide bonds. The second-order valence-corrected chi connectivity index (χ2v) is 8.14. The number of carbonyl (C=O) groups excluding carboxylic acids is 1. The lowest BCUT2D eigenvalue weighted by Gasteiger charge is -2.25.